The molecule has 0 unspecified atom stereocenters. The van der Waals surface area contributed by atoms with Gasteiger partial charge in [0.25, 0.3) is 0 Å². The number of fused-ring (bicyclic) bond motifs is 5. The number of carboxylic acids is 1. The van der Waals surface area contributed by atoms with E-state index in [2.05, 4.69) is 78.9 Å². The Bertz CT molecular complexity index is 2040. The minimum atomic E-state index is -1.22. The van der Waals surface area contributed by atoms with Crippen molar-refractivity contribution in [1.82, 2.24) is 0 Å². The van der Waals surface area contributed by atoms with Gasteiger partial charge in [-0.15, -0.1) is 0 Å². The van der Waals surface area contributed by atoms with E-state index < -0.39 is 17.4 Å². The molecule has 2 N–H and O–H groups in total. The van der Waals surface area contributed by atoms with Crippen LogP contribution in [-0.4, -0.2) is 22.2 Å². The largest absolute Gasteiger partial charge is 0.508 e. The molecule has 6 aromatic carbocycles. The summed E-state index contributed by atoms with van der Waals surface area (Å²) >= 11 is 0. The lowest BCUT2D eigenvalue weighted by Gasteiger charge is -2.34. The number of rotatable bonds is 5. The molecule has 42 heavy (non-hydrogen) atoms. The van der Waals surface area contributed by atoms with Crippen LogP contribution < -0.4 is 4.74 Å². The maximum absolute atomic E-state index is 12.0. The second kappa shape index (κ2) is 9.75. The number of hydrogen-bond acceptors (Lipinski definition) is 4. The molecule has 0 atom stereocenters. The van der Waals surface area contributed by atoms with Crippen molar-refractivity contribution in [3.63, 3.8) is 0 Å². The van der Waals surface area contributed by atoms with E-state index in [1.165, 1.54) is 22.3 Å². The highest BCUT2D eigenvalue weighted by molar-refractivity contribution is 5.94. The SMILES string of the molecule is O=C(O)C=CC(=O)Oc1ccc2cc(C3(c4ccc5cc(O)ccc5c4)c4ccccc4-c4ccccc43)ccc2c1. The smallest absolute Gasteiger partial charge is 0.336 e. The number of carboxylic acid groups (broad SMARTS) is 1. The van der Waals surface area contributed by atoms with E-state index in [1.54, 1.807) is 24.3 Å². The van der Waals surface area contributed by atoms with Gasteiger partial charge in [0.2, 0.25) is 0 Å². The van der Waals surface area contributed by atoms with Crippen LogP contribution in [-0.2, 0) is 15.0 Å². The molecule has 0 amide bonds. The fraction of sp³-hybridized carbons (Fsp3) is 0.0270. The molecule has 5 heteroatoms. The summed E-state index contributed by atoms with van der Waals surface area (Å²) in [5, 5.41) is 22.7. The number of esters is 1. The molecular formula is C37H24O5. The summed E-state index contributed by atoms with van der Waals surface area (Å²) < 4.78 is 5.33. The summed E-state index contributed by atoms with van der Waals surface area (Å²) in [4.78, 5) is 22.8. The van der Waals surface area contributed by atoms with Gasteiger partial charge in [-0.1, -0.05) is 84.9 Å². The van der Waals surface area contributed by atoms with E-state index in [4.69, 9.17) is 9.84 Å². The van der Waals surface area contributed by atoms with Crippen LogP contribution in [0.2, 0.25) is 0 Å². The quantitative estimate of drug-likeness (QED) is 0.131. The molecule has 7 rings (SSSR count). The first-order valence-corrected chi connectivity index (χ1v) is 13.5. The van der Waals surface area contributed by atoms with Crippen molar-refractivity contribution in [3.05, 3.63) is 156 Å². The van der Waals surface area contributed by atoms with Crippen LogP contribution in [0.25, 0.3) is 32.7 Å². The zero-order valence-electron chi connectivity index (χ0n) is 22.3. The third-order valence-electron chi connectivity index (χ3n) is 8.03. The van der Waals surface area contributed by atoms with Crippen LogP contribution in [0, 0.1) is 0 Å². The van der Waals surface area contributed by atoms with Gasteiger partial charge in [0.05, 0.1) is 5.41 Å². The van der Waals surface area contributed by atoms with Gasteiger partial charge >= 0.3 is 11.9 Å². The molecule has 202 valence electrons. The summed E-state index contributed by atoms with van der Waals surface area (Å²) in [6.07, 6.45) is 1.64. The van der Waals surface area contributed by atoms with Gasteiger partial charge in [-0.25, -0.2) is 9.59 Å². The molecule has 0 bridgehead atoms. The summed E-state index contributed by atoms with van der Waals surface area (Å²) in [5.74, 6) is -1.40. The number of ether oxygens (including phenoxy) is 1. The Hall–Kier alpha value is -5.68. The number of benzene rings is 6. The summed E-state index contributed by atoms with van der Waals surface area (Å²) in [6, 6.07) is 40.7. The fourth-order valence-corrected chi connectivity index (χ4v) is 6.30. The molecule has 6 aromatic rings. The van der Waals surface area contributed by atoms with Crippen LogP contribution in [0.4, 0.5) is 0 Å². The molecule has 0 fully saturated rings. The van der Waals surface area contributed by atoms with E-state index in [0.717, 1.165) is 44.8 Å². The van der Waals surface area contributed by atoms with Crippen LogP contribution in [0.15, 0.2) is 133 Å². The highest BCUT2D eigenvalue weighted by Gasteiger charge is 2.46. The van der Waals surface area contributed by atoms with E-state index >= 15 is 0 Å². The van der Waals surface area contributed by atoms with E-state index in [9.17, 15) is 14.7 Å². The Balaban J connectivity index is 1.43. The predicted molar refractivity (Wildman–Crippen MR) is 163 cm³/mol. The Labute approximate surface area is 241 Å². The molecule has 5 nitrogen and oxygen atoms in total. The van der Waals surface area contributed by atoms with Crippen molar-refractivity contribution in [1.29, 1.82) is 0 Å². The highest BCUT2D eigenvalue weighted by atomic mass is 16.5. The van der Waals surface area contributed by atoms with Crippen LogP contribution in [0.5, 0.6) is 11.5 Å². The molecule has 0 heterocycles. The Kier molecular flexibility index (Phi) is 5.87. The average Bonchev–Trinajstić information content (AvgIpc) is 3.31. The first kappa shape index (κ1) is 25.3. The number of carbonyl (C=O) groups excluding carboxylic acids is 1. The molecule has 0 saturated carbocycles. The van der Waals surface area contributed by atoms with Crippen molar-refractivity contribution in [2.24, 2.45) is 0 Å². The number of aromatic hydroxyl groups is 1. The van der Waals surface area contributed by atoms with Crippen molar-refractivity contribution in [2.75, 3.05) is 0 Å². The summed E-state index contributed by atoms with van der Waals surface area (Å²) in [6.45, 7) is 0. The van der Waals surface area contributed by atoms with E-state index in [-0.39, 0.29) is 5.75 Å². The maximum atomic E-state index is 12.0. The standard InChI is InChI=1S/C37H24O5/c38-29-15-11-23-19-27(13-9-25(23)21-29)37(33-7-3-1-5-31(33)32-6-2-4-8-34(32)37)28-14-10-26-22-30(16-12-24(26)20-28)42-36(41)18-17-35(39)40/h1-22,38H,(H,39,40). The molecule has 0 aliphatic heterocycles. The monoisotopic (exact) mass is 548 g/mol. The number of phenols is 1. The van der Waals surface area contributed by atoms with Gasteiger partial charge in [0.1, 0.15) is 11.5 Å². The highest BCUT2D eigenvalue weighted by Crippen LogP contribution is 2.56. The lowest BCUT2D eigenvalue weighted by atomic mass is 9.67. The fourth-order valence-electron chi connectivity index (χ4n) is 6.30. The summed E-state index contributed by atoms with van der Waals surface area (Å²) in [7, 11) is 0. The molecular weight excluding hydrogens is 524 g/mol. The van der Waals surface area contributed by atoms with Crippen LogP contribution in [0.1, 0.15) is 22.3 Å². The minimum Gasteiger partial charge on any atom is -0.508 e. The van der Waals surface area contributed by atoms with E-state index in [1.807, 2.05) is 18.2 Å². The average molecular weight is 549 g/mol. The van der Waals surface area contributed by atoms with Crippen LogP contribution >= 0.6 is 0 Å². The first-order chi connectivity index (χ1) is 20.4. The second-order valence-corrected chi connectivity index (χ2v) is 10.4. The van der Waals surface area contributed by atoms with Gasteiger partial charge in [-0.05, 0) is 91.3 Å². The Morgan fingerprint density at radius 3 is 1.74 bits per heavy atom. The number of aliphatic carboxylic acids is 1. The number of phenolic OH excluding ortho intramolecular Hbond substituents is 1. The van der Waals surface area contributed by atoms with Gasteiger partial charge < -0.3 is 14.9 Å². The third kappa shape index (κ3) is 4.02. The van der Waals surface area contributed by atoms with Gasteiger partial charge in [-0.2, -0.15) is 0 Å². The molecule has 1 aliphatic rings. The van der Waals surface area contributed by atoms with E-state index in [0.29, 0.717) is 5.75 Å². The zero-order chi connectivity index (χ0) is 28.8. The number of carbonyl (C=O) groups is 2. The molecule has 0 spiro atoms. The topological polar surface area (TPSA) is 83.8 Å². The maximum Gasteiger partial charge on any atom is 0.336 e. The van der Waals surface area contributed by atoms with Crippen molar-refractivity contribution in [3.8, 4) is 22.6 Å². The van der Waals surface area contributed by atoms with Crippen molar-refractivity contribution >= 4 is 33.5 Å². The zero-order valence-corrected chi connectivity index (χ0v) is 22.3. The molecule has 0 saturated heterocycles. The van der Waals surface area contributed by atoms with Crippen LogP contribution in [0.3, 0.4) is 0 Å². The summed E-state index contributed by atoms with van der Waals surface area (Å²) in [5.41, 5.74) is 6.39. The predicted octanol–water partition coefficient (Wildman–Crippen LogP) is 7.61. The van der Waals surface area contributed by atoms with Gasteiger partial charge in [-0.3, -0.25) is 0 Å². The van der Waals surface area contributed by atoms with Crippen molar-refractivity contribution < 1.29 is 24.5 Å². The Morgan fingerprint density at radius 1 is 0.595 bits per heavy atom. The molecule has 0 radical (unpaired) electrons. The normalized spacial score (nSPS) is 13.2. The van der Waals surface area contributed by atoms with Gasteiger partial charge in [0, 0.05) is 12.2 Å². The number of hydrogen-bond donors (Lipinski definition) is 2. The third-order valence-corrected chi connectivity index (χ3v) is 8.03. The lowest BCUT2D eigenvalue weighted by Crippen LogP contribution is -2.28. The first-order valence-electron chi connectivity index (χ1n) is 13.5. The minimum absolute atomic E-state index is 0.235. The molecule has 0 aromatic heterocycles. The van der Waals surface area contributed by atoms with Crippen molar-refractivity contribution in [2.45, 2.75) is 5.41 Å². The van der Waals surface area contributed by atoms with Gasteiger partial charge in [0.15, 0.2) is 0 Å². The molecule has 1 aliphatic carbocycles. The lowest BCUT2D eigenvalue weighted by molar-refractivity contribution is -0.133. The second-order valence-electron chi connectivity index (χ2n) is 10.4. The Morgan fingerprint density at radius 2 is 1.12 bits per heavy atom.